The van der Waals surface area contributed by atoms with Crippen LogP contribution in [0.3, 0.4) is 0 Å². The second kappa shape index (κ2) is 27.5. The summed E-state index contributed by atoms with van der Waals surface area (Å²) in [5.41, 5.74) is 19.5. The molecule has 0 fully saturated rings. The van der Waals surface area contributed by atoms with E-state index in [1.807, 2.05) is 163 Å². The lowest BCUT2D eigenvalue weighted by Gasteiger charge is -2.07. The highest BCUT2D eigenvalue weighted by Crippen LogP contribution is 2.31. The highest BCUT2D eigenvalue weighted by Gasteiger charge is 2.19. The van der Waals surface area contributed by atoms with E-state index in [0.29, 0.717) is 0 Å². The zero-order valence-corrected chi connectivity index (χ0v) is 52.3. The van der Waals surface area contributed by atoms with E-state index in [1.54, 1.807) is 37.3 Å². The lowest BCUT2D eigenvalue weighted by molar-refractivity contribution is -0.663. The lowest BCUT2D eigenvalue weighted by atomic mass is 9.99. The molecule has 5 aromatic carbocycles. The fourth-order valence-corrected chi connectivity index (χ4v) is 11.3. The summed E-state index contributed by atoms with van der Waals surface area (Å²) in [7, 11) is 10.1. The van der Waals surface area contributed by atoms with Crippen molar-refractivity contribution in [3.05, 3.63) is 273 Å². The van der Waals surface area contributed by atoms with Crippen LogP contribution in [0.15, 0.2) is 246 Å². The third-order valence-electron chi connectivity index (χ3n) is 16.4. The molecule has 90 heavy (non-hydrogen) atoms. The van der Waals surface area contributed by atoms with Crippen LogP contribution in [0, 0.1) is 34.6 Å². The summed E-state index contributed by atoms with van der Waals surface area (Å²) in [5.74, 6) is 0. The Bertz CT molecular complexity index is 4330. The molecular formula is C75H70N15+5. The highest BCUT2D eigenvalue weighted by atomic mass is 15.0. The van der Waals surface area contributed by atoms with Crippen molar-refractivity contribution in [3.63, 3.8) is 0 Å². The first-order valence-corrected chi connectivity index (χ1v) is 29.6. The molecule has 15 heteroatoms. The van der Waals surface area contributed by atoms with Crippen LogP contribution >= 0.6 is 0 Å². The number of hydrogen-bond donors (Lipinski definition) is 0. The average molecular weight is 1180 g/mol. The van der Waals surface area contributed by atoms with Crippen molar-refractivity contribution in [1.29, 1.82) is 0 Å². The molecule has 0 saturated carbocycles. The Morgan fingerprint density at radius 2 is 0.722 bits per heavy atom. The molecule has 0 amide bonds. The van der Waals surface area contributed by atoms with Gasteiger partial charge in [-0.3, -0.25) is 44.9 Å². The van der Waals surface area contributed by atoms with E-state index < -0.39 is 0 Å². The van der Waals surface area contributed by atoms with Gasteiger partial charge in [-0.2, -0.15) is 18.3 Å². The van der Waals surface area contributed by atoms with Crippen molar-refractivity contribution in [1.82, 2.24) is 49.8 Å². The molecule has 0 aliphatic rings. The number of pyridine rings is 5. The van der Waals surface area contributed by atoms with Crippen molar-refractivity contribution in [2.75, 3.05) is 0 Å². The first kappa shape index (κ1) is 60.2. The van der Waals surface area contributed by atoms with Crippen LogP contribution in [-0.2, 0) is 35.2 Å². The van der Waals surface area contributed by atoms with Gasteiger partial charge in [-0.25, -0.2) is 4.57 Å². The molecule has 0 N–H and O–H groups in total. The summed E-state index contributed by atoms with van der Waals surface area (Å²) < 4.78 is 10.3. The van der Waals surface area contributed by atoms with Crippen molar-refractivity contribution in [3.8, 4) is 56.4 Å². The zero-order chi connectivity index (χ0) is 62.7. The maximum atomic E-state index is 4.59. The van der Waals surface area contributed by atoms with E-state index in [2.05, 4.69) is 188 Å². The fourth-order valence-electron chi connectivity index (χ4n) is 11.3. The molecule has 0 unspecified atom stereocenters. The fraction of sp³-hybridized carbons (Fsp3) is 0.133. The molecule has 0 radical (unpaired) electrons. The number of nitrogens with zero attached hydrogens (tertiary/aromatic N) is 15. The summed E-state index contributed by atoms with van der Waals surface area (Å²) >= 11 is 0. The number of aryl methyl sites for hydroxylation is 10. The summed E-state index contributed by atoms with van der Waals surface area (Å²) in [4.78, 5) is 42.7. The number of hydrogen-bond acceptors (Lipinski definition) is 10. The number of rotatable bonds is 5. The summed E-state index contributed by atoms with van der Waals surface area (Å²) in [5, 5.41) is 9.62. The summed E-state index contributed by atoms with van der Waals surface area (Å²) in [6.45, 7) is 10.6. The van der Waals surface area contributed by atoms with E-state index in [4.69, 9.17) is 0 Å². The predicted molar refractivity (Wildman–Crippen MR) is 354 cm³/mol. The lowest BCUT2D eigenvalue weighted by Crippen LogP contribution is -2.31. The topological polar surface area (TPSA) is 148 Å². The van der Waals surface area contributed by atoms with Crippen molar-refractivity contribution < 1.29 is 22.8 Å². The van der Waals surface area contributed by atoms with Gasteiger partial charge in [-0.05, 0) is 133 Å². The Morgan fingerprint density at radius 1 is 0.267 bits per heavy atom. The normalized spacial score (nSPS) is 10.8. The molecular weight excluding hydrogens is 1110 g/mol. The second-order valence-electron chi connectivity index (χ2n) is 22.0. The Kier molecular flexibility index (Phi) is 18.4. The standard InChI is InChI=1S/5C15H14N3/c1-11-13-5-6-16-9-12(13)3-4-14(11)15-10-17-7-8-18(15)2;1-11-13(15-10-17-7-8-18(15)2)4-3-12-5-6-16-9-14(11)12;1-11-12-4-3-7-17-14(12)6-5-13(11)15-10-16-8-9-18(15)2;1-11-13(14-10-16-8-9-18(14)2)6-5-12-4-3-7-17-15(11)12;1-11-13-6-4-3-5-12(13)9-17-15(11)14-7-8-16-10-18(14)2/h5*3-10H,1-2H3/q5*+1. The van der Waals surface area contributed by atoms with E-state index in [9.17, 15) is 0 Å². The minimum absolute atomic E-state index is 1.01. The Balaban J connectivity index is 0.000000116. The maximum absolute atomic E-state index is 4.59. The van der Waals surface area contributed by atoms with Crippen molar-refractivity contribution >= 4 is 54.1 Å². The first-order chi connectivity index (χ1) is 43.9. The van der Waals surface area contributed by atoms with Gasteiger partial charge in [-0.1, -0.05) is 59.6 Å². The number of aromatic nitrogens is 15. The Labute approximate surface area is 523 Å². The molecule has 0 aliphatic heterocycles. The average Bonchev–Trinajstić information content (AvgIpc) is 1.24. The SMILES string of the molecule is Cc1c(-c2ccnc[n+]2C)ncc2ccccc12.Cc1c(-c2cncc[n+]2C)ccc2cccnc12.Cc1c(-c2cncc[n+]2C)ccc2ccncc12.Cc1c(-c2cncc[n+]2C)ccc2cnccc12.Cc1c(-c2cncc[n+]2C)ccc2ncccc12. The minimum Gasteiger partial charge on any atom is -0.264 e. The number of fused-ring (bicyclic) bond motifs is 5. The van der Waals surface area contributed by atoms with Gasteiger partial charge in [0, 0.05) is 76.4 Å². The van der Waals surface area contributed by atoms with Gasteiger partial charge in [0.15, 0.2) is 30.5 Å². The molecule has 0 saturated heterocycles. The molecule has 15 rings (SSSR count). The van der Waals surface area contributed by atoms with Crippen LogP contribution < -0.4 is 22.8 Å². The smallest absolute Gasteiger partial charge is 0.264 e. The molecule has 0 spiro atoms. The maximum Gasteiger partial charge on any atom is 0.286 e. The number of benzene rings is 5. The van der Waals surface area contributed by atoms with Gasteiger partial charge in [0.2, 0.25) is 22.8 Å². The first-order valence-electron chi connectivity index (χ1n) is 29.6. The summed E-state index contributed by atoms with van der Waals surface area (Å²) in [6.07, 6.45) is 39.2. The largest absolute Gasteiger partial charge is 0.286 e. The monoisotopic (exact) mass is 1180 g/mol. The van der Waals surface area contributed by atoms with E-state index in [-0.39, 0.29) is 0 Å². The molecule has 0 atom stereocenters. The molecule has 440 valence electrons. The van der Waals surface area contributed by atoms with Crippen molar-refractivity contribution in [2.45, 2.75) is 34.6 Å². The van der Waals surface area contributed by atoms with Crippen LogP contribution in [0.4, 0.5) is 0 Å². The molecule has 0 aliphatic carbocycles. The Morgan fingerprint density at radius 3 is 1.34 bits per heavy atom. The minimum atomic E-state index is 1.01. The van der Waals surface area contributed by atoms with Gasteiger partial charge in [0.1, 0.15) is 40.1 Å². The highest BCUT2D eigenvalue weighted by molar-refractivity contribution is 5.92. The third-order valence-corrected chi connectivity index (χ3v) is 16.4. The van der Waals surface area contributed by atoms with E-state index >= 15 is 0 Å². The van der Waals surface area contributed by atoms with E-state index in [1.165, 1.54) is 93.2 Å². The Hall–Kier alpha value is -11.5. The van der Waals surface area contributed by atoms with Crippen LogP contribution in [-0.4, -0.2) is 49.8 Å². The third kappa shape index (κ3) is 13.0. The van der Waals surface area contributed by atoms with Crippen LogP contribution in [0.2, 0.25) is 0 Å². The van der Waals surface area contributed by atoms with Gasteiger partial charge < -0.3 is 0 Å². The van der Waals surface area contributed by atoms with Gasteiger partial charge in [-0.15, -0.1) is 0 Å². The molecule has 0 bridgehead atoms. The molecule has 15 nitrogen and oxygen atoms in total. The zero-order valence-electron chi connectivity index (χ0n) is 52.3. The van der Waals surface area contributed by atoms with Crippen LogP contribution in [0.1, 0.15) is 27.8 Å². The molecule has 15 aromatic rings. The van der Waals surface area contributed by atoms with Gasteiger partial charge >= 0.3 is 0 Å². The van der Waals surface area contributed by atoms with Crippen LogP contribution in [0.25, 0.3) is 111 Å². The molecule has 10 aromatic heterocycles. The summed E-state index contributed by atoms with van der Waals surface area (Å²) in [6, 6.07) is 39.5. The van der Waals surface area contributed by atoms with Gasteiger partial charge in [0.25, 0.3) is 6.33 Å². The quantitative estimate of drug-likeness (QED) is 0.152. The molecule has 10 heterocycles. The van der Waals surface area contributed by atoms with Crippen LogP contribution in [0.5, 0.6) is 0 Å². The van der Waals surface area contributed by atoms with E-state index in [0.717, 1.165) is 45.2 Å². The van der Waals surface area contributed by atoms with Gasteiger partial charge in [0.05, 0.1) is 89.9 Å². The predicted octanol–water partition coefficient (Wildman–Crippen LogP) is 12.1. The second-order valence-corrected chi connectivity index (χ2v) is 22.0. The van der Waals surface area contributed by atoms with Crippen molar-refractivity contribution in [2.24, 2.45) is 35.2 Å².